The molecule has 4 rings (SSSR count). The molecule has 0 unspecified atom stereocenters. The summed E-state index contributed by atoms with van der Waals surface area (Å²) in [6.45, 7) is 3.80. The van der Waals surface area contributed by atoms with Crippen LogP contribution in [0.1, 0.15) is 48.7 Å². The molecule has 0 N–H and O–H groups in total. The molecule has 2 amide bonds. The van der Waals surface area contributed by atoms with E-state index in [0.29, 0.717) is 24.1 Å². The standard InChI is InChI=1S/C26H25N3O4/c1-3-25(30)27-18(2)16-24(22-14-7-8-15-23(22)27)28(26(31)19-10-5-4-6-11-19)20-12-9-13-21(17-20)29(32)33/h4-15,17-18,24H,3,16H2,1-2H3/t18-,24+/m0/s1. The number of hydrogen-bond acceptors (Lipinski definition) is 4. The largest absolute Gasteiger partial charge is 0.309 e. The second-order valence-corrected chi connectivity index (χ2v) is 8.09. The molecule has 7 nitrogen and oxygen atoms in total. The van der Waals surface area contributed by atoms with Gasteiger partial charge in [-0.1, -0.05) is 49.4 Å². The number of rotatable bonds is 5. The van der Waals surface area contributed by atoms with Crippen molar-refractivity contribution in [2.45, 2.75) is 38.8 Å². The Morgan fingerprint density at radius 3 is 2.42 bits per heavy atom. The summed E-state index contributed by atoms with van der Waals surface area (Å²) in [6.07, 6.45) is 0.880. The fourth-order valence-electron chi connectivity index (χ4n) is 4.49. The van der Waals surface area contributed by atoms with Crippen LogP contribution in [-0.2, 0) is 4.79 Å². The van der Waals surface area contributed by atoms with Crippen molar-refractivity contribution in [3.63, 3.8) is 0 Å². The average Bonchev–Trinajstić information content (AvgIpc) is 2.84. The molecule has 168 valence electrons. The minimum atomic E-state index is -0.465. The molecule has 0 aromatic heterocycles. The fraction of sp³-hybridized carbons (Fsp3) is 0.231. The first-order valence-corrected chi connectivity index (χ1v) is 11.0. The highest BCUT2D eigenvalue weighted by molar-refractivity contribution is 6.07. The number of nitro benzene ring substituents is 1. The molecule has 0 fully saturated rings. The number of anilines is 2. The third-order valence-corrected chi connectivity index (χ3v) is 6.00. The topological polar surface area (TPSA) is 83.8 Å². The summed E-state index contributed by atoms with van der Waals surface area (Å²) in [5, 5.41) is 11.5. The zero-order valence-electron chi connectivity index (χ0n) is 18.5. The van der Waals surface area contributed by atoms with Gasteiger partial charge in [-0.3, -0.25) is 19.7 Å². The molecule has 3 aromatic rings. The third-order valence-electron chi connectivity index (χ3n) is 6.00. The van der Waals surface area contributed by atoms with E-state index < -0.39 is 11.0 Å². The van der Waals surface area contributed by atoms with E-state index in [1.165, 1.54) is 12.1 Å². The molecule has 0 spiro atoms. The molecular formula is C26H25N3O4. The zero-order chi connectivity index (χ0) is 23.5. The minimum Gasteiger partial charge on any atom is -0.309 e. The Labute approximate surface area is 192 Å². The average molecular weight is 444 g/mol. The highest BCUT2D eigenvalue weighted by Crippen LogP contribution is 2.43. The summed E-state index contributed by atoms with van der Waals surface area (Å²) in [5.41, 5.74) is 2.46. The number of benzene rings is 3. The van der Waals surface area contributed by atoms with Crippen LogP contribution in [0.3, 0.4) is 0 Å². The number of nitrogens with zero attached hydrogens (tertiary/aromatic N) is 3. The van der Waals surface area contributed by atoms with Crippen LogP contribution in [0, 0.1) is 10.1 Å². The van der Waals surface area contributed by atoms with Crippen molar-refractivity contribution in [2.24, 2.45) is 0 Å². The van der Waals surface area contributed by atoms with Gasteiger partial charge in [-0.05, 0) is 43.2 Å². The van der Waals surface area contributed by atoms with Crippen molar-refractivity contribution >= 4 is 28.9 Å². The van der Waals surface area contributed by atoms with Crippen LogP contribution >= 0.6 is 0 Å². The summed E-state index contributed by atoms with van der Waals surface area (Å²) in [5.74, 6) is -0.233. The van der Waals surface area contributed by atoms with Crippen LogP contribution in [0.5, 0.6) is 0 Å². The van der Waals surface area contributed by atoms with Crippen molar-refractivity contribution < 1.29 is 14.5 Å². The summed E-state index contributed by atoms with van der Waals surface area (Å²) < 4.78 is 0. The van der Waals surface area contributed by atoms with E-state index in [1.54, 1.807) is 46.2 Å². The van der Waals surface area contributed by atoms with Crippen LogP contribution in [0.4, 0.5) is 17.1 Å². The Kier molecular flexibility index (Phi) is 6.22. The predicted octanol–water partition coefficient (Wildman–Crippen LogP) is 5.52. The molecule has 1 aliphatic heterocycles. The number of para-hydroxylation sites is 1. The number of hydrogen-bond donors (Lipinski definition) is 0. The van der Waals surface area contributed by atoms with Gasteiger partial charge >= 0.3 is 0 Å². The molecule has 2 atom stereocenters. The second-order valence-electron chi connectivity index (χ2n) is 8.09. The van der Waals surface area contributed by atoms with Crippen molar-refractivity contribution in [1.29, 1.82) is 0 Å². The number of amides is 2. The molecule has 3 aromatic carbocycles. The molecule has 0 radical (unpaired) electrons. The van der Waals surface area contributed by atoms with E-state index in [2.05, 4.69) is 0 Å². The Morgan fingerprint density at radius 2 is 1.73 bits per heavy atom. The maximum Gasteiger partial charge on any atom is 0.271 e. The van der Waals surface area contributed by atoms with Gasteiger partial charge < -0.3 is 9.80 Å². The van der Waals surface area contributed by atoms with Crippen molar-refractivity contribution in [1.82, 2.24) is 0 Å². The number of carbonyl (C=O) groups excluding carboxylic acids is 2. The van der Waals surface area contributed by atoms with E-state index >= 15 is 0 Å². The smallest absolute Gasteiger partial charge is 0.271 e. The van der Waals surface area contributed by atoms with E-state index in [9.17, 15) is 19.7 Å². The quantitative estimate of drug-likeness (QED) is 0.384. The summed E-state index contributed by atoms with van der Waals surface area (Å²) in [4.78, 5) is 40.9. The van der Waals surface area contributed by atoms with Gasteiger partial charge in [-0.2, -0.15) is 0 Å². The predicted molar refractivity (Wildman–Crippen MR) is 127 cm³/mol. The molecular weight excluding hydrogens is 418 g/mol. The maximum atomic E-state index is 13.8. The number of nitro groups is 1. The highest BCUT2D eigenvalue weighted by Gasteiger charge is 2.38. The van der Waals surface area contributed by atoms with E-state index in [1.807, 2.05) is 44.2 Å². The maximum absolute atomic E-state index is 13.8. The van der Waals surface area contributed by atoms with Crippen LogP contribution in [0.25, 0.3) is 0 Å². The summed E-state index contributed by atoms with van der Waals surface area (Å²) in [7, 11) is 0. The molecule has 33 heavy (non-hydrogen) atoms. The molecule has 7 heteroatoms. The van der Waals surface area contributed by atoms with Crippen LogP contribution in [0.15, 0.2) is 78.9 Å². The van der Waals surface area contributed by atoms with E-state index in [4.69, 9.17) is 0 Å². The Balaban J connectivity index is 1.89. The second kappa shape index (κ2) is 9.24. The minimum absolute atomic E-state index is 0.0182. The zero-order valence-corrected chi connectivity index (χ0v) is 18.5. The Morgan fingerprint density at radius 1 is 1.03 bits per heavy atom. The number of fused-ring (bicyclic) bond motifs is 1. The lowest BCUT2D eigenvalue weighted by atomic mass is 9.89. The molecule has 1 heterocycles. The first kappa shape index (κ1) is 22.2. The van der Waals surface area contributed by atoms with Gasteiger partial charge in [0.05, 0.1) is 16.7 Å². The van der Waals surface area contributed by atoms with Crippen molar-refractivity contribution in [3.8, 4) is 0 Å². The van der Waals surface area contributed by atoms with E-state index in [-0.39, 0.29) is 23.5 Å². The van der Waals surface area contributed by atoms with Gasteiger partial charge in [0.1, 0.15) is 0 Å². The molecule has 0 saturated carbocycles. The van der Waals surface area contributed by atoms with Gasteiger partial charge in [-0.15, -0.1) is 0 Å². The molecule has 0 aliphatic carbocycles. The van der Waals surface area contributed by atoms with Gasteiger partial charge in [0.15, 0.2) is 0 Å². The highest BCUT2D eigenvalue weighted by atomic mass is 16.6. The summed E-state index contributed by atoms with van der Waals surface area (Å²) >= 11 is 0. The summed E-state index contributed by atoms with van der Waals surface area (Å²) in [6, 6.07) is 22.0. The lowest BCUT2D eigenvalue weighted by molar-refractivity contribution is -0.384. The van der Waals surface area contributed by atoms with Crippen LogP contribution in [0.2, 0.25) is 0 Å². The van der Waals surface area contributed by atoms with Crippen LogP contribution in [-0.4, -0.2) is 22.8 Å². The van der Waals surface area contributed by atoms with Gasteiger partial charge in [0.25, 0.3) is 11.6 Å². The third kappa shape index (κ3) is 4.22. The van der Waals surface area contributed by atoms with Gasteiger partial charge in [0, 0.05) is 35.8 Å². The first-order valence-electron chi connectivity index (χ1n) is 11.0. The van der Waals surface area contributed by atoms with Gasteiger partial charge in [-0.25, -0.2) is 0 Å². The lowest BCUT2D eigenvalue weighted by Gasteiger charge is -2.43. The van der Waals surface area contributed by atoms with E-state index in [0.717, 1.165) is 11.3 Å². The molecule has 1 aliphatic rings. The monoisotopic (exact) mass is 443 g/mol. The van der Waals surface area contributed by atoms with Crippen LogP contribution < -0.4 is 9.80 Å². The van der Waals surface area contributed by atoms with Crippen molar-refractivity contribution in [3.05, 3.63) is 100 Å². The normalized spacial score (nSPS) is 17.2. The lowest BCUT2D eigenvalue weighted by Crippen LogP contribution is -2.47. The molecule has 0 saturated heterocycles. The molecule has 0 bridgehead atoms. The van der Waals surface area contributed by atoms with Crippen molar-refractivity contribution in [2.75, 3.05) is 9.80 Å². The number of carbonyl (C=O) groups is 2. The van der Waals surface area contributed by atoms with Gasteiger partial charge in [0.2, 0.25) is 5.91 Å². The first-order chi connectivity index (χ1) is 15.9. The number of non-ortho nitro benzene ring substituents is 1. The SMILES string of the molecule is CCC(=O)N1c2ccccc2[C@H](N(C(=O)c2ccccc2)c2cccc([N+](=O)[O-])c2)C[C@@H]1C. The Bertz CT molecular complexity index is 1190. The Hall–Kier alpha value is -4.00. The fourth-order valence-corrected chi connectivity index (χ4v) is 4.49.